The van der Waals surface area contributed by atoms with Crippen molar-refractivity contribution in [3.05, 3.63) is 111 Å². The molecule has 0 atom stereocenters. The maximum Gasteiger partial charge on any atom is 0.336 e. The molecule has 38 heavy (non-hydrogen) atoms. The summed E-state index contributed by atoms with van der Waals surface area (Å²) in [6.07, 6.45) is 2.15. The lowest BCUT2D eigenvalue weighted by Gasteiger charge is -2.25. The lowest BCUT2D eigenvalue weighted by atomic mass is 9.88. The van der Waals surface area contributed by atoms with Crippen LogP contribution < -0.4 is 20.1 Å². The van der Waals surface area contributed by atoms with E-state index in [4.69, 9.17) is 4.74 Å². The first-order valence-corrected chi connectivity index (χ1v) is 13.7. The number of allylic oxidation sites excluding steroid dienone is 1. The van der Waals surface area contributed by atoms with E-state index in [2.05, 4.69) is 38.0 Å². The van der Waals surface area contributed by atoms with Crippen LogP contribution >= 0.6 is 11.8 Å². The van der Waals surface area contributed by atoms with Crippen LogP contribution in [-0.4, -0.2) is 25.2 Å². The molecule has 0 radical (unpaired) electrons. The van der Waals surface area contributed by atoms with Crippen molar-refractivity contribution in [3.63, 3.8) is 0 Å². The highest BCUT2D eigenvalue weighted by atomic mass is 32.2. The molecule has 0 saturated carbocycles. The van der Waals surface area contributed by atoms with Crippen LogP contribution in [-0.2, 0) is 5.75 Å². The van der Waals surface area contributed by atoms with Crippen molar-refractivity contribution < 1.29 is 14.6 Å². The number of benzene rings is 4. The minimum absolute atomic E-state index is 0.287. The van der Waals surface area contributed by atoms with Gasteiger partial charge in [-0.15, -0.1) is 11.8 Å². The van der Waals surface area contributed by atoms with Crippen molar-refractivity contribution in [3.8, 4) is 11.5 Å². The Labute approximate surface area is 227 Å². The Morgan fingerprint density at radius 2 is 1.82 bits per heavy atom. The Hall–Kier alpha value is -3.96. The summed E-state index contributed by atoms with van der Waals surface area (Å²) in [6, 6.07) is 22.0. The summed E-state index contributed by atoms with van der Waals surface area (Å²) < 4.78 is 6.56. The van der Waals surface area contributed by atoms with E-state index in [1.165, 1.54) is 0 Å². The van der Waals surface area contributed by atoms with Gasteiger partial charge in [-0.2, -0.15) is 0 Å². The lowest BCUT2D eigenvalue weighted by Crippen LogP contribution is -2.20. The van der Waals surface area contributed by atoms with E-state index in [0.29, 0.717) is 23.0 Å². The van der Waals surface area contributed by atoms with Gasteiger partial charge in [0, 0.05) is 53.3 Å². The molecule has 1 N–H and O–H groups in total. The van der Waals surface area contributed by atoms with Crippen LogP contribution in [0.25, 0.3) is 22.9 Å². The minimum Gasteiger partial charge on any atom is -0.478 e. The molecule has 1 heterocycles. The van der Waals surface area contributed by atoms with E-state index in [1.54, 1.807) is 17.8 Å². The van der Waals surface area contributed by atoms with E-state index in [9.17, 15) is 9.90 Å². The van der Waals surface area contributed by atoms with Gasteiger partial charge in [-0.05, 0) is 63.4 Å². The summed E-state index contributed by atoms with van der Waals surface area (Å²) in [4.78, 5) is 14.6. The van der Waals surface area contributed by atoms with E-state index in [0.717, 1.165) is 49.3 Å². The molecule has 0 aliphatic carbocycles. The second-order valence-electron chi connectivity index (χ2n) is 10.1. The van der Waals surface area contributed by atoms with Crippen LogP contribution in [0, 0.1) is 5.92 Å². The Morgan fingerprint density at radius 3 is 2.55 bits per heavy atom. The monoisotopic (exact) mass is 521 g/mol. The summed E-state index contributed by atoms with van der Waals surface area (Å²) in [5.41, 5.74) is 4.69. The number of carboxylic acids is 1. The molecule has 1 aliphatic rings. The van der Waals surface area contributed by atoms with Gasteiger partial charge >= 0.3 is 5.97 Å². The molecule has 5 heteroatoms. The molecule has 4 aromatic carbocycles. The third-order valence-electron chi connectivity index (χ3n) is 6.66. The van der Waals surface area contributed by atoms with Gasteiger partial charge in [0.05, 0.1) is 5.56 Å². The number of aromatic carboxylic acids is 1. The van der Waals surface area contributed by atoms with Crippen molar-refractivity contribution in [2.45, 2.75) is 19.6 Å². The number of carbonyl (C=O) groups is 1. The largest absolute Gasteiger partial charge is 0.478 e. The number of hydrogen-bond acceptors (Lipinski definition) is 4. The minimum atomic E-state index is -0.945. The quantitative estimate of drug-likeness (QED) is 0.256. The number of hydrogen-bond donors (Lipinski definition) is 1. The molecule has 4 aromatic rings. The first-order valence-electron chi connectivity index (χ1n) is 12.6. The van der Waals surface area contributed by atoms with Gasteiger partial charge in [-0.3, -0.25) is 0 Å². The molecular formula is C33H31NO3S. The van der Waals surface area contributed by atoms with Gasteiger partial charge in [0.25, 0.3) is 0 Å². The second kappa shape index (κ2) is 10.4. The Kier molecular flexibility index (Phi) is 7.04. The average Bonchev–Trinajstić information content (AvgIpc) is 2.89. The Bertz CT molecular complexity index is 1700. The fourth-order valence-corrected chi connectivity index (χ4v) is 5.61. The molecule has 5 rings (SSSR count). The van der Waals surface area contributed by atoms with Gasteiger partial charge in [-0.1, -0.05) is 56.8 Å². The van der Waals surface area contributed by atoms with Gasteiger partial charge in [-0.25, -0.2) is 4.79 Å². The summed E-state index contributed by atoms with van der Waals surface area (Å²) in [5, 5.41) is 16.2. The van der Waals surface area contributed by atoms with E-state index in [-0.39, 0.29) is 5.56 Å². The number of thioether (sulfide) groups is 1. The molecule has 0 amide bonds. The summed E-state index contributed by atoms with van der Waals surface area (Å²) >= 11 is 1.67. The topological polar surface area (TPSA) is 49.8 Å². The number of carboxylic acid groups (broad SMARTS) is 1. The molecule has 0 spiro atoms. The highest BCUT2D eigenvalue weighted by Crippen LogP contribution is 2.41. The maximum atomic E-state index is 12.6. The first-order chi connectivity index (χ1) is 18.2. The number of nitrogens with zero attached hydrogens (tertiary/aromatic N) is 1. The van der Waals surface area contributed by atoms with Crippen molar-refractivity contribution in [1.82, 2.24) is 0 Å². The zero-order valence-corrected chi connectivity index (χ0v) is 22.9. The SMILES string of the molecule is C=c1ccc2c3c(ccc2c1)=C(c1ccc(CS/C=C/C(C)C)cc1C(=O)O)c1ccc(N(C)C)cc1O3. The maximum absolute atomic E-state index is 12.6. The van der Waals surface area contributed by atoms with E-state index < -0.39 is 5.97 Å². The highest BCUT2D eigenvalue weighted by molar-refractivity contribution is 8.01. The molecule has 4 nitrogen and oxygen atoms in total. The molecule has 0 bridgehead atoms. The van der Waals surface area contributed by atoms with Crippen LogP contribution in [0.3, 0.4) is 0 Å². The second-order valence-corrected chi connectivity index (χ2v) is 11.0. The molecule has 0 aromatic heterocycles. The predicted octanol–water partition coefficient (Wildman–Crippen LogP) is 6.77. The van der Waals surface area contributed by atoms with Gasteiger partial charge < -0.3 is 14.7 Å². The number of rotatable bonds is 7. The Morgan fingerprint density at radius 1 is 1.03 bits per heavy atom. The zero-order chi connectivity index (χ0) is 27.0. The third-order valence-corrected chi connectivity index (χ3v) is 7.51. The number of anilines is 1. The predicted molar refractivity (Wildman–Crippen MR) is 160 cm³/mol. The van der Waals surface area contributed by atoms with Gasteiger partial charge in [0.1, 0.15) is 11.5 Å². The van der Waals surface area contributed by atoms with Crippen molar-refractivity contribution in [2.24, 2.45) is 5.92 Å². The van der Waals surface area contributed by atoms with E-state index >= 15 is 0 Å². The molecule has 0 saturated heterocycles. The first kappa shape index (κ1) is 25.7. The standard InChI is InChI=1S/C33H31NO3S/c1-20(2)14-15-38-19-22-7-11-26(29(17-22)33(35)36)31-27-13-9-24(34(4)5)18-30(27)37-32-25-10-6-21(3)16-23(25)8-12-28(31)32/h6-18,20H,3,19H2,1-2,4-5H3,(H,35,36)/b15-14+. The molecule has 0 fully saturated rings. The summed E-state index contributed by atoms with van der Waals surface area (Å²) in [6.45, 7) is 8.34. The fourth-order valence-electron chi connectivity index (χ4n) is 4.72. The van der Waals surface area contributed by atoms with Crippen LogP contribution in [0.5, 0.6) is 11.5 Å². The van der Waals surface area contributed by atoms with E-state index in [1.807, 2.05) is 73.6 Å². The smallest absolute Gasteiger partial charge is 0.336 e. The molecule has 192 valence electrons. The van der Waals surface area contributed by atoms with Crippen LogP contribution in [0.1, 0.15) is 40.9 Å². The highest BCUT2D eigenvalue weighted by Gasteiger charge is 2.25. The van der Waals surface area contributed by atoms with Gasteiger partial charge in [0.2, 0.25) is 0 Å². The van der Waals surface area contributed by atoms with Crippen LogP contribution in [0.15, 0.2) is 78.2 Å². The zero-order valence-electron chi connectivity index (χ0n) is 22.1. The molecule has 1 aliphatic heterocycles. The number of fused-ring (bicyclic) bond motifs is 4. The summed E-state index contributed by atoms with van der Waals surface area (Å²) in [5.74, 6) is 1.68. The Balaban J connectivity index is 1.75. The fraction of sp³-hybridized carbons (Fsp3) is 0.182. The summed E-state index contributed by atoms with van der Waals surface area (Å²) in [7, 11) is 3.98. The van der Waals surface area contributed by atoms with Crippen LogP contribution in [0.4, 0.5) is 5.69 Å². The normalized spacial score (nSPS) is 12.5. The average molecular weight is 522 g/mol. The molecular weight excluding hydrogens is 490 g/mol. The van der Waals surface area contributed by atoms with Crippen molar-refractivity contribution >= 4 is 46.3 Å². The van der Waals surface area contributed by atoms with Crippen molar-refractivity contribution in [1.29, 1.82) is 0 Å². The third kappa shape index (κ3) is 4.94. The van der Waals surface area contributed by atoms with Crippen LogP contribution in [0.2, 0.25) is 0 Å². The molecule has 0 unspecified atom stereocenters. The van der Waals surface area contributed by atoms with Crippen molar-refractivity contribution in [2.75, 3.05) is 19.0 Å². The number of ether oxygens (including phenoxy) is 1. The lowest BCUT2D eigenvalue weighted by molar-refractivity contribution is 0.0696. The van der Waals surface area contributed by atoms with Gasteiger partial charge in [0.15, 0.2) is 0 Å².